The molecule has 0 saturated carbocycles. The molecule has 4 heteroatoms. The SMILES string of the molecule is COCC(=O)NC(c1ccccc1)c1ccc(OC)cc1. The summed E-state index contributed by atoms with van der Waals surface area (Å²) in [6.45, 7) is 0.0412. The summed E-state index contributed by atoms with van der Waals surface area (Å²) in [5.41, 5.74) is 2.01. The van der Waals surface area contributed by atoms with Crippen LogP contribution in [0.2, 0.25) is 0 Å². The molecule has 1 amide bonds. The maximum Gasteiger partial charge on any atom is 0.246 e. The van der Waals surface area contributed by atoms with Gasteiger partial charge < -0.3 is 14.8 Å². The third-order valence-corrected chi connectivity index (χ3v) is 3.16. The summed E-state index contributed by atoms with van der Waals surface area (Å²) in [5.74, 6) is 0.635. The number of ether oxygens (including phenoxy) is 2. The normalized spacial score (nSPS) is 11.7. The van der Waals surface area contributed by atoms with E-state index >= 15 is 0 Å². The predicted octanol–water partition coefficient (Wildman–Crippen LogP) is 2.55. The van der Waals surface area contributed by atoms with Gasteiger partial charge in [0.25, 0.3) is 0 Å². The molecule has 2 aromatic carbocycles. The van der Waals surface area contributed by atoms with E-state index in [0.717, 1.165) is 16.9 Å². The second-order valence-corrected chi connectivity index (χ2v) is 4.62. The van der Waals surface area contributed by atoms with E-state index in [-0.39, 0.29) is 18.6 Å². The average molecular weight is 285 g/mol. The van der Waals surface area contributed by atoms with Gasteiger partial charge in [0.2, 0.25) is 5.91 Å². The Morgan fingerprint density at radius 2 is 1.62 bits per heavy atom. The van der Waals surface area contributed by atoms with E-state index in [0.29, 0.717) is 0 Å². The molecule has 0 spiro atoms. The largest absolute Gasteiger partial charge is 0.497 e. The molecular formula is C17H19NO3. The van der Waals surface area contributed by atoms with E-state index in [4.69, 9.17) is 9.47 Å². The Balaban J connectivity index is 2.28. The van der Waals surface area contributed by atoms with E-state index in [9.17, 15) is 4.79 Å². The van der Waals surface area contributed by atoms with Gasteiger partial charge in [-0.2, -0.15) is 0 Å². The van der Waals surface area contributed by atoms with Gasteiger partial charge >= 0.3 is 0 Å². The Kier molecular flexibility index (Phi) is 5.35. The van der Waals surface area contributed by atoms with Crippen molar-refractivity contribution in [1.82, 2.24) is 5.32 Å². The minimum absolute atomic E-state index is 0.0412. The highest BCUT2D eigenvalue weighted by Gasteiger charge is 2.16. The molecule has 110 valence electrons. The number of amides is 1. The van der Waals surface area contributed by atoms with Gasteiger partial charge in [0.15, 0.2) is 0 Å². The highest BCUT2D eigenvalue weighted by molar-refractivity contribution is 5.78. The lowest BCUT2D eigenvalue weighted by atomic mass is 9.98. The van der Waals surface area contributed by atoms with E-state index in [1.807, 2.05) is 54.6 Å². The molecule has 0 aromatic heterocycles. The number of hydrogen-bond acceptors (Lipinski definition) is 3. The molecule has 2 rings (SSSR count). The third kappa shape index (κ3) is 4.07. The van der Waals surface area contributed by atoms with Crippen molar-refractivity contribution < 1.29 is 14.3 Å². The van der Waals surface area contributed by atoms with Crippen LogP contribution in [0.3, 0.4) is 0 Å². The first-order valence-corrected chi connectivity index (χ1v) is 6.72. The lowest BCUT2D eigenvalue weighted by Gasteiger charge is -2.20. The highest BCUT2D eigenvalue weighted by Crippen LogP contribution is 2.24. The number of carbonyl (C=O) groups excluding carboxylic acids is 1. The zero-order valence-electron chi connectivity index (χ0n) is 12.2. The van der Waals surface area contributed by atoms with Crippen LogP contribution in [-0.2, 0) is 9.53 Å². The molecular weight excluding hydrogens is 266 g/mol. The number of rotatable bonds is 6. The second kappa shape index (κ2) is 7.45. The maximum atomic E-state index is 11.9. The molecule has 0 aliphatic heterocycles. The van der Waals surface area contributed by atoms with Crippen molar-refractivity contribution in [3.05, 3.63) is 65.7 Å². The number of benzene rings is 2. The molecule has 21 heavy (non-hydrogen) atoms. The van der Waals surface area contributed by atoms with Gasteiger partial charge in [-0.25, -0.2) is 0 Å². The van der Waals surface area contributed by atoms with Gasteiger partial charge in [0.05, 0.1) is 13.2 Å². The van der Waals surface area contributed by atoms with Crippen LogP contribution in [0.4, 0.5) is 0 Å². The van der Waals surface area contributed by atoms with E-state index in [1.54, 1.807) is 7.11 Å². The fourth-order valence-corrected chi connectivity index (χ4v) is 2.13. The summed E-state index contributed by atoms with van der Waals surface area (Å²) in [6.07, 6.45) is 0. The molecule has 1 atom stereocenters. The zero-order valence-corrected chi connectivity index (χ0v) is 12.2. The Bertz CT molecular complexity index is 566. The fourth-order valence-electron chi connectivity index (χ4n) is 2.13. The smallest absolute Gasteiger partial charge is 0.246 e. The van der Waals surface area contributed by atoms with Crippen LogP contribution in [0.5, 0.6) is 5.75 Å². The summed E-state index contributed by atoms with van der Waals surface area (Å²) >= 11 is 0. The van der Waals surface area contributed by atoms with Crippen LogP contribution in [0.25, 0.3) is 0 Å². The van der Waals surface area contributed by atoms with Gasteiger partial charge in [-0.3, -0.25) is 4.79 Å². The van der Waals surface area contributed by atoms with Crippen molar-refractivity contribution in [2.75, 3.05) is 20.8 Å². The van der Waals surface area contributed by atoms with Crippen LogP contribution in [0, 0.1) is 0 Å². The molecule has 1 unspecified atom stereocenters. The molecule has 0 aliphatic carbocycles. The molecule has 0 bridgehead atoms. The van der Waals surface area contributed by atoms with Gasteiger partial charge in [-0.15, -0.1) is 0 Å². The van der Waals surface area contributed by atoms with Crippen LogP contribution < -0.4 is 10.1 Å². The number of nitrogens with one attached hydrogen (secondary N) is 1. The van der Waals surface area contributed by atoms with Gasteiger partial charge in [0, 0.05) is 7.11 Å². The van der Waals surface area contributed by atoms with Crippen molar-refractivity contribution in [3.63, 3.8) is 0 Å². The third-order valence-electron chi connectivity index (χ3n) is 3.16. The van der Waals surface area contributed by atoms with E-state index in [1.165, 1.54) is 7.11 Å². The molecule has 0 heterocycles. The maximum absolute atomic E-state index is 11.9. The molecule has 1 N–H and O–H groups in total. The fraction of sp³-hybridized carbons (Fsp3) is 0.235. The van der Waals surface area contributed by atoms with Crippen molar-refractivity contribution in [2.24, 2.45) is 0 Å². The molecule has 0 fully saturated rings. The minimum Gasteiger partial charge on any atom is -0.497 e. The summed E-state index contributed by atoms with van der Waals surface area (Å²) in [7, 11) is 3.13. The topological polar surface area (TPSA) is 47.6 Å². The minimum atomic E-state index is -0.209. The van der Waals surface area contributed by atoms with Crippen LogP contribution in [0.15, 0.2) is 54.6 Å². The van der Waals surface area contributed by atoms with Crippen LogP contribution >= 0.6 is 0 Å². The van der Waals surface area contributed by atoms with E-state index < -0.39 is 0 Å². The Hall–Kier alpha value is -2.33. The monoisotopic (exact) mass is 285 g/mol. The quantitative estimate of drug-likeness (QED) is 0.887. The standard InChI is InChI=1S/C17H19NO3/c1-20-12-16(19)18-17(13-6-4-3-5-7-13)14-8-10-15(21-2)11-9-14/h3-11,17H,12H2,1-2H3,(H,18,19). The Labute approximate surface area is 124 Å². The van der Waals surface area contributed by atoms with Gasteiger partial charge in [-0.05, 0) is 23.3 Å². The van der Waals surface area contributed by atoms with Crippen LogP contribution in [0.1, 0.15) is 17.2 Å². The van der Waals surface area contributed by atoms with Crippen LogP contribution in [-0.4, -0.2) is 26.7 Å². The van der Waals surface area contributed by atoms with Crippen molar-refractivity contribution >= 4 is 5.91 Å². The number of methoxy groups -OCH3 is 2. The lowest BCUT2D eigenvalue weighted by Crippen LogP contribution is -2.32. The van der Waals surface area contributed by atoms with Crippen molar-refractivity contribution in [2.45, 2.75) is 6.04 Å². The summed E-state index contributed by atoms with van der Waals surface area (Å²) in [5, 5.41) is 2.98. The Morgan fingerprint density at radius 3 is 2.19 bits per heavy atom. The molecule has 0 radical (unpaired) electrons. The lowest BCUT2D eigenvalue weighted by molar-refractivity contribution is -0.125. The number of hydrogen-bond donors (Lipinski definition) is 1. The summed E-state index contributed by atoms with van der Waals surface area (Å²) < 4.78 is 10.0. The highest BCUT2D eigenvalue weighted by atomic mass is 16.5. The molecule has 4 nitrogen and oxygen atoms in total. The van der Waals surface area contributed by atoms with Gasteiger partial charge in [-0.1, -0.05) is 42.5 Å². The predicted molar refractivity (Wildman–Crippen MR) is 81.3 cm³/mol. The first-order valence-electron chi connectivity index (χ1n) is 6.72. The molecule has 0 aliphatic rings. The average Bonchev–Trinajstić information content (AvgIpc) is 2.54. The Morgan fingerprint density at radius 1 is 1.00 bits per heavy atom. The first kappa shape index (κ1) is 15.1. The molecule has 2 aromatic rings. The molecule has 0 saturated heterocycles. The van der Waals surface area contributed by atoms with Gasteiger partial charge in [0.1, 0.15) is 12.4 Å². The summed E-state index contributed by atoms with van der Waals surface area (Å²) in [4.78, 5) is 11.9. The zero-order chi connectivity index (χ0) is 15.1. The van der Waals surface area contributed by atoms with Crippen molar-refractivity contribution in [3.8, 4) is 5.75 Å². The van der Waals surface area contributed by atoms with E-state index in [2.05, 4.69) is 5.32 Å². The summed E-state index contributed by atoms with van der Waals surface area (Å²) in [6, 6.07) is 17.3. The number of carbonyl (C=O) groups is 1. The second-order valence-electron chi connectivity index (χ2n) is 4.62. The first-order chi connectivity index (χ1) is 10.2. The van der Waals surface area contributed by atoms with Crippen molar-refractivity contribution in [1.29, 1.82) is 0 Å².